The van der Waals surface area contributed by atoms with Gasteiger partial charge in [0.25, 0.3) is 7.82 Å². The smallest absolute Gasteiger partial charge is 0.268 e. The van der Waals surface area contributed by atoms with Crippen LogP contribution >= 0.6 is 7.82 Å². The number of unbranched alkanes of at least 4 members (excludes halogenated alkanes) is 22. The van der Waals surface area contributed by atoms with Gasteiger partial charge in [0.2, 0.25) is 5.91 Å². The molecule has 3 unspecified atom stereocenters. The van der Waals surface area contributed by atoms with Crippen LogP contribution in [-0.2, 0) is 18.4 Å². The summed E-state index contributed by atoms with van der Waals surface area (Å²) in [6, 6.07) is -0.933. The molecule has 0 bridgehead atoms. The lowest BCUT2D eigenvalue weighted by atomic mass is 10.0. The Labute approximate surface area is 438 Å². The molecule has 0 heterocycles. The summed E-state index contributed by atoms with van der Waals surface area (Å²) in [6.45, 7) is 4.48. The zero-order valence-electron chi connectivity index (χ0n) is 46.4. The molecule has 2 N–H and O–H groups in total. The van der Waals surface area contributed by atoms with Crippen LogP contribution in [0.5, 0.6) is 0 Å². The van der Waals surface area contributed by atoms with E-state index in [-0.39, 0.29) is 12.5 Å². The SMILES string of the molecule is CC/C=C\C/C=C\C/C=C\C/C=C\C/C=C\C/C=C\CCCCCCC(=O)NC(COP(=O)([O-])OCC[N+](C)(C)C)C(O)/C=C/CC/C=C/CC/C=C/CCCCCCCCCCCCCCCCCC. The number of carbonyl (C=O) groups excluding carboxylic acids is 1. The zero-order chi connectivity index (χ0) is 52.0. The molecule has 8 nitrogen and oxygen atoms in total. The third-order valence-electron chi connectivity index (χ3n) is 12.2. The lowest BCUT2D eigenvalue weighted by molar-refractivity contribution is -0.870. The van der Waals surface area contributed by atoms with Gasteiger partial charge in [0.15, 0.2) is 0 Å². The number of allylic oxidation sites excluding steroid dienone is 17. The van der Waals surface area contributed by atoms with E-state index in [0.717, 1.165) is 89.9 Å². The number of rotatable bonds is 51. The summed E-state index contributed by atoms with van der Waals surface area (Å²) in [7, 11) is 1.20. The number of quaternary nitrogens is 1. The minimum atomic E-state index is -4.63. The molecule has 0 aliphatic carbocycles. The van der Waals surface area contributed by atoms with Crippen LogP contribution in [0.3, 0.4) is 0 Å². The van der Waals surface area contributed by atoms with Crippen molar-refractivity contribution in [3.63, 3.8) is 0 Å². The van der Waals surface area contributed by atoms with Crippen LogP contribution in [0.4, 0.5) is 0 Å². The maximum absolute atomic E-state index is 13.0. The van der Waals surface area contributed by atoms with Gasteiger partial charge in [0, 0.05) is 6.42 Å². The predicted molar refractivity (Wildman–Crippen MR) is 306 cm³/mol. The van der Waals surface area contributed by atoms with Crippen LogP contribution < -0.4 is 10.2 Å². The van der Waals surface area contributed by atoms with Gasteiger partial charge in [0.1, 0.15) is 13.2 Å². The Morgan fingerprint density at radius 3 is 1.31 bits per heavy atom. The van der Waals surface area contributed by atoms with E-state index >= 15 is 0 Å². The van der Waals surface area contributed by atoms with Gasteiger partial charge in [-0.3, -0.25) is 9.36 Å². The van der Waals surface area contributed by atoms with Gasteiger partial charge < -0.3 is 28.8 Å². The van der Waals surface area contributed by atoms with Crippen molar-refractivity contribution < 1.29 is 32.9 Å². The van der Waals surface area contributed by atoms with Crippen LogP contribution in [0.2, 0.25) is 0 Å². The Morgan fingerprint density at radius 2 is 0.873 bits per heavy atom. The number of aliphatic hydroxyl groups is 1. The summed E-state index contributed by atoms with van der Waals surface area (Å²) < 4.78 is 23.3. The maximum Gasteiger partial charge on any atom is 0.268 e. The number of hydrogen-bond donors (Lipinski definition) is 2. The summed E-state index contributed by atoms with van der Waals surface area (Å²) in [5.74, 6) is -0.239. The first-order valence-corrected chi connectivity index (χ1v) is 30.2. The molecule has 71 heavy (non-hydrogen) atoms. The Kier molecular flexibility index (Phi) is 50.0. The highest BCUT2D eigenvalue weighted by Crippen LogP contribution is 2.38. The second kappa shape index (κ2) is 52.0. The van der Waals surface area contributed by atoms with E-state index in [1.165, 1.54) is 109 Å². The lowest BCUT2D eigenvalue weighted by Crippen LogP contribution is -2.45. The molecule has 9 heteroatoms. The number of amides is 1. The number of nitrogens with one attached hydrogen (secondary N) is 1. The average Bonchev–Trinajstić information content (AvgIpc) is 3.33. The molecule has 0 aliphatic heterocycles. The highest BCUT2D eigenvalue weighted by atomic mass is 31.2. The van der Waals surface area contributed by atoms with Crippen molar-refractivity contribution in [1.29, 1.82) is 0 Å². The van der Waals surface area contributed by atoms with Gasteiger partial charge in [-0.15, -0.1) is 0 Å². The monoisotopic (exact) mass is 1010 g/mol. The van der Waals surface area contributed by atoms with E-state index in [2.05, 4.69) is 116 Å². The van der Waals surface area contributed by atoms with E-state index in [1.807, 2.05) is 27.2 Å². The fraction of sp³-hybridized carbons (Fsp3) is 0.694. The summed E-state index contributed by atoms with van der Waals surface area (Å²) in [5, 5.41) is 13.8. The molecular weight excluding hydrogens is 900 g/mol. The van der Waals surface area contributed by atoms with E-state index < -0.39 is 26.6 Å². The maximum atomic E-state index is 13.0. The van der Waals surface area contributed by atoms with Gasteiger partial charge in [-0.25, -0.2) is 0 Å². The summed E-state index contributed by atoms with van der Waals surface area (Å²) >= 11 is 0. The molecular formula is C62H109N2O6P. The quantitative estimate of drug-likeness (QED) is 0.0272. The van der Waals surface area contributed by atoms with Crippen LogP contribution in [0.1, 0.15) is 226 Å². The predicted octanol–water partition coefficient (Wildman–Crippen LogP) is 17.0. The first kappa shape index (κ1) is 68.2. The van der Waals surface area contributed by atoms with Gasteiger partial charge in [-0.2, -0.15) is 0 Å². The molecule has 0 aromatic rings. The van der Waals surface area contributed by atoms with Gasteiger partial charge >= 0.3 is 0 Å². The Bertz CT molecular complexity index is 1520. The highest BCUT2D eigenvalue weighted by molar-refractivity contribution is 7.45. The Balaban J connectivity index is 4.38. The van der Waals surface area contributed by atoms with E-state index in [0.29, 0.717) is 23.9 Å². The number of carbonyl (C=O) groups is 1. The first-order valence-electron chi connectivity index (χ1n) is 28.7. The van der Waals surface area contributed by atoms with Crippen LogP contribution in [0.25, 0.3) is 0 Å². The van der Waals surface area contributed by atoms with Crippen molar-refractivity contribution in [3.8, 4) is 0 Å². The molecule has 0 radical (unpaired) electrons. The van der Waals surface area contributed by atoms with Gasteiger partial charge in [-0.05, 0) is 96.3 Å². The molecule has 408 valence electrons. The Hall–Kier alpha value is -2.84. The third-order valence-corrected chi connectivity index (χ3v) is 13.2. The van der Waals surface area contributed by atoms with Crippen LogP contribution in [-0.4, -0.2) is 68.5 Å². The minimum absolute atomic E-state index is 0.0206. The summed E-state index contributed by atoms with van der Waals surface area (Å²) in [4.78, 5) is 25.5. The molecule has 0 saturated heterocycles. The number of aliphatic hydroxyl groups excluding tert-OH is 1. The first-order chi connectivity index (χ1) is 34.5. The molecule has 0 fully saturated rings. The largest absolute Gasteiger partial charge is 0.756 e. The third kappa shape index (κ3) is 54.8. The van der Waals surface area contributed by atoms with Crippen molar-refractivity contribution in [1.82, 2.24) is 5.32 Å². The van der Waals surface area contributed by atoms with Gasteiger partial charge in [-0.1, -0.05) is 232 Å². The molecule has 0 spiro atoms. The minimum Gasteiger partial charge on any atom is -0.756 e. The van der Waals surface area contributed by atoms with Crippen LogP contribution in [0, 0.1) is 0 Å². The van der Waals surface area contributed by atoms with Crippen molar-refractivity contribution >= 4 is 13.7 Å². The van der Waals surface area contributed by atoms with Crippen molar-refractivity contribution in [2.24, 2.45) is 0 Å². The Morgan fingerprint density at radius 1 is 0.507 bits per heavy atom. The molecule has 0 aliphatic rings. The number of hydrogen-bond acceptors (Lipinski definition) is 6. The average molecular weight is 1010 g/mol. The lowest BCUT2D eigenvalue weighted by Gasteiger charge is -2.29. The second-order valence-corrected chi connectivity index (χ2v) is 21.7. The number of likely N-dealkylation sites (N-methyl/N-ethyl adjacent to an activating group) is 1. The van der Waals surface area contributed by atoms with Gasteiger partial charge in [0.05, 0.1) is 39.9 Å². The van der Waals surface area contributed by atoms with E-state index in [4.69, 9.17) is 9.05 Å². The standard InChI is InChI=1S/C62H109N2O6P/c1-6-8-10-12-14-16-18-20-22-24-26-28-30-31-32-34-35-37-39-41-43-45-47-49-51-53-55-61(65)60(59-70-71(67,68)69-58-57-64(3,4)5)63-62(66)56-54-52-50-48-46-44-42-40-38-36-33-29-27-25-23-21-19-17-15-13-11-9-7-2/h9,11,15,17,21,23,27,29,36-39,42,44-45,47,53,55,60-61,65H,6-8,10,12-14,16,18-20,22,24-26,28,30-35,40-41,43,46,48-52,54,56-59H2,1-5H3,(H-,63,66,67,68)/b11-9-,17-15-,23-21-,29-27-,38-36-,39-37+,44-42-,47-45+,55-53+. The van der Waals surface area contributed by atoms with E-state index in [9.17, 15) is 19.4 Å². The normalized spacial score (nSPS) is 14.7. The van der Waals surface area contributed by atoms with Crippen LogP contribution in [0.15, 0.2) is 109 Å². The number of nitrogens with zero attached hydrogens (tertiary/aromatic N) is 1. The molecule has 0 saturated carbocycles. The molecule has 1 amide bonds. The fourth-order valence-electron chi connectivity index (χ4n) is 7.72. The second-order valence-electron chi connectivity index (χ2n) is 20.2. The molecule has 0 aromatic heterocycles. The topological polar surface area (TPSA) is 108 Å². The summed E-state index contributed by atoms with van der Waals surface area (Å²) in [5.41, 5.74) is 0. The fourth-order valence-corrected chi connectivity index (χ4v) is 8.44. The zero-order valence-corrected chi connectivity index (χ0v) is 47.3. The number of phosphoric acid groups is 1. The van der Waals surface area contributed by atoms with E-state index in [1.54, 1.807) is 6.08 Å². The molecule has 3 atom stereocenters. The number of phosphoric ester groups is 1. The summed E-state index contributed by atoms with van der Waals surface area (Å²) in [6.07, 6.45) is 76.0. The van der Waals surface area contributed by atoms with Crippen molar-refractivity contribution in [2.75, 3.05) is 40.9 Å². The van der Waals surface area contributed by atoms with Crippen molar-refractivity contribution in [2.45, 2.75) is 238 Å². The highest BCUT2D eigenvalue weighted by Gasteiger charge is 2.23. The molecule has 0 rings (SSSR count). The molecule has 0 aromatic carbocycles. The van der Waals surface area contributed by atoms with Crippen molar-refractivity contribution in [3.05, 3.63) is 109 Å².